The first kappa shape index (κ1) is 22.8. The summed E-state index contributed by atoms with van der Waals surface area (Å²) in [4.78, 5) is 20.6. The highest BCUT2D eigenvalue weighted by atomic mass is 16.5. The van der Waals surface area contributed by atoms with Crippen molar-refractivity contribution in [3.8, 4) is 28.5 Å². The van der Waals surface area contributed by atoms with Crippen LogP contribution in [0.4, 0.5) is 0 Å². The first-order chi connectivity index (χ1) is 17.0. The van der Waals surface area contributed by atoms with E-state index >= 15 is 0 Å². The van der Waals surface area contributed by atoms with Crippen molar-refractivity contribution in [3.63, 3.8) is 0 Å². The van der Waals surface area contributed by atoms with Gasteiger partial charge in [-0.15, -0.1) is 0 Å². The fourth-order valence-corrected chi connectivity index (χ4v) is 4.76. The van der Waals surface area contributed by atoms with Gasteiger partial charge >= 0.3 is 5.97 Å². The second-order valence-electron chi connectivity index (χ2n) is 9.05. The molecule has 0 aliphatic heterocycles. The fourth-order valence-electron chi connectivity index (χ4n) is 4.76. The molecule has 1 aliphatic carbocycles. The summed E-state index contributed by atoms with van der Waals surface area (Å²) in [7, 11) is 0. The number of aryl methyl sites for hydroxylation is 2. The molecule has 178 valence electrons. The zero-order valence-electron chi connectivity index (χ0n) is 19.9. The number of carbonyl (C=O) groups is 1. The van der Waals surface area contributed by atoms with Crippen LogP contribution < -0.4 is 4.74 Å². The smallest absolute Gasteiger partial charge is 0.306 e. The lowest BCUT2D eigenvalue weighted by Gasteiger charge is -2.16. The van der Waals surface area contributed by atoms with E-state index < -0.39 is 5.97 Å². The highest BCUT2D eigenvalue weighted by Crippen LogP contribution is 2.40. The molecule has 6 heteroatoms. The Morgan fingerprint density at radius 2 is 1.97 bits per heavy atom. The predicted molar refractivity (Wildman–Crippen MR) is 133 cm³/mol. The molecule has 0 bridgehead atoms. The average Bonchev–Trinajstić information content (AvgIpc) is 3.47. The molecule has 0 saturated heterocycles. The molecule has 1 N–H and O–H groups in total. The number of carboxylic acids is 1. The van der Waals surface area contributed by atoms with Gasteiger partial charge in [-0.25, -0.2) is 4.98 Å². The maximum absolute atomic E-state index is 11.4. The molecule has 2 aromatic carbocycles. The van der Waals surface area contributed by atoms with Crippen molar-refractivity contribution in [2.75, 3.05) is 6.61 Å². The molecule has 4 aromatic rings. The van der Waals surface area contributed by atoms with Gasteiger partial charge < -0.3 is 14.3 Å². The molecule has 2 aromatic heterocycles. The molecule has 35 heavy (non-hydrogen) atoms. The summed E-state index contributed by atoms with van der Waals surface area (Å²) in [5, 5.41) is 9.36. The standard InChI is InChI=1S/C29H28N2O4/c1-18(29(32)33)24-11-8-21-16-23(10-12-25(21)24)34-15-14-26-19(2)35-28(31-26)22-9-13-27(30-17-22)20-6-4-3-5-7-20/h3-7,9-10,12-13,16-18,24H,8,11,14-15H2,1-2H3,(H,32,33)/t18-,24-/m0/s1. The zero-order chi connectivity index (χ0) is 24.4. The maximum atomic E-state index is 11.4. The van der Waals surface area contributed by atoms with Crippen LogP contribution in [-0.4, -0.2) is 27.7 Å². The van der Waals surface area contributed by atoms with Gasteiger partial charge in [-0.1, -0.05) is 43.3 Å². The summed E-state index contributed by atoms with van der Waals surface area (Å²) in [6.45, 7) is 4.18. The van der Waals surface area contributed by atoms with E-state index in [-0.39, 0.29) is 11.8 Å². The van der Waals surface area contributed by atoms with Crippen LogP contribution in [0.2, 0.25) is 0 Å². The van der Waals surface area contributed by atoms with Crippen molar-refractivity contribution >= 4 is 5.97 Å². The van der Waals surface area contributed by atoms with Crippen LogP contribution >= 0.6 is 0 Å². The number of carboxylic acid groups (broad SMARTS) is 1. The van der Waals surface area contributed by atoms with Crippen LogP contribution in [0.15, 0.2) is 71.3 Å². The van der Waals surface area contributed by atoms with Crippen LogP contribution in [-0.2, 0) is 17.6 Å². The number of hydrogen-bond donors (Lipinski definition) is 1. The van der Waals surface area contributed by atoms with Crippen LogP contribution in [0.3, 0.4) is 0 Å². The number of nitrogens with zero attached hydrogens (tertiary/aromatic N) is 2. The molecule has 0 unspecified atom stereocenters. The van der Waals surface area contributed by atoms with Gasteiger partial charge in [-0.3, -0.25) is 9.78 Å². The van der Waals surface area contributed by atoms with Crippen molar-refractivity contribution in [1.29, 1.82) is 0 Å². The molecular formula is C29H28N2O4. The summed E-state index contributed by atoms with van der Waals surface area (Å²) in [5.41, 5.74) is 6.00. The summed E-state index contributed by atoms with van der Waals surface area (Å²) in [6, 6.07) is 20.0. The summed E-state index contributed by atoms with van der Waals surface area (Å²) in [5.74, 6) is 1.08. The second-order valence-corrected chi connectivity index (χ2v) is 9.05. The van der Waals surface area contributed by atoms with Gasteiger partial charge in [-0.05, 0) is 61.1 Å². The highest BCUT2D eigenvalue weighted by Gasteiger charge is 2.31. The minimum Gasteiger partial charge on any atom is -0.493 e. The first-order valence-electron chi connectivity index (χ1n) is 12.0. The lowest BCUT2D eigenvalue weighted by Crippen LogP contribution is -2.17. The van der Waals surface area contributed by atoms with E-state index in [0.29, 0.717) is 18.9 Å². The molecule has 6 nitrogen and oxygen atoms in total. The SMILES string of the molecule is Cc1oc(-c2ccc(-c3ccccc3)nc2)nc1CCOc1ccc2c(c1)CC[C@H]2[C@H](C)C(=O)O. The van der Waals surface area contributed by atoms with Crippen molar-refractivity contribution in [2.24, 2.45) is 5.92 Å². The molecule has 0 fully saturated rings. The van der Waals surface area contributed by atoms with Crippen LogP contribution in [0.25, 0.3) is 22.7 Å². The van der Waals surface area contributed by atoms with Gasteiger partial charge in [0.15, 0.2) is 0 Å². The number of hydrogen-bond acceptors (Lipinski definition) is 5. The third-order valence-electron chi connectivity index (χ3n) is 6.81. The number of fused-ring (bicyclic) bond motifs is 1. The number of ether oxygens (including phenoxy) is 1. The fraction of sp³-hybridized carbons (Fsp3) is 0.276. The molecule has 2 atom stereocenters. The van der Waals surface area contributed by atoms with E-state index in [1.807, 2.05) is 67.6 Å². The normalized spacial score (nSPS) is 15.5. The Bertz CT molecular complexity index is 1330. The molecule has 2 heterocycles. The maximum Gasteiger partial charge on any atom is 0.306 e. The third kappa shape index (κ3) is 4.83. The topological polar surface area (TPSA) is 85.5 Å². The van der Waals surface area contributed by atoms with E-state index in [1.54, 1.807) is 13.1 Å². The lowest BCUT2D eigenvalue weighted by atomic mass is 9.89. The highest BCUT2D eigenvalue weighted by molar-refractivity contribution is 5.71. The predicted octanol–water partition coefficient (Wildman–Crippen LogP) is 6.08. The Kier molecular flexibility index (Phi) is 6.36. The van der Waals surface area contributed by atoms with Crippen LogP contribution in [0, 0.1) is 12.8 Å². The second kappa shape index (κ2) is 9.74. The Morgan fingerprint density at radius 1 is 1.14 bits per heavy atom. The van der Waals surface area contributed by atoms with E-state index in [9.17, 15) is 9.90 Å². The minimum atomic E-state index is -0.742. The number of oxazole rings is 1. The van der Waals surface area contributed by atoms with Crippen molar-refractivity contribution < 1.29 is 19.1 Å². The quantitative estimate of drug-likeness (QED) is 0.337. The molecular weight excluding hydrogens is 440 g/mol. The molecule has 0 amide bonds. The molecule has 0 radical (unpaired) electrons. The lowest BCUT2D eigenvalue weighted by molar-refractivity contribution is -0.141. The van der Waals surface area contributed by atoms with Gasteiger partial charge in [0.25, 0.3) is 0 Å². The molecule has 0 spiro atoms. The summed E-state index contributed by atoms with van der Waals surface area (Å²) >= 11 is 0. The number of aromatic nitrogens is 2. The van der Waals surface area contributed by atoms with Crippen molar-refractivity contribution in [2.45, 2.75) is 39.0 Å². The van der Waals surface area contributed by atoms with E-state index in [4.69, 9.17) is 9.15 Å². The van der Waals surface area contributed by atoms with Gasteiger partial charge in [0.2, 0.25) is 5.89 Å². The number of benzene rings is 2. The monoisotopic (exact) mass is 468 g/mol. The van der Waals surface area contributed by atoms with Gasteiger partial charge in [0, 0.05) is 18.2 Å². The van der Waals surface area contributed by atoms with Crippen molar-refractivity contribution in [3.05, 3.63) is 89.4 Å². The number of aliphatic carboxylic acids is 1. The van der Waals surface area contributed by atoms with E-state index in [0.717, 1.165) is 52.4 Å². The molecule has 0 saturated carbocycles. The van der Waals surface area contributed by atoms with Gasteiger partial charge in [-0.2, -0.15) is 0 Å². The largest absolute Gasteiger partial charge is 0.493 e. The Hall–Kier alpha value is -3.93. The number of pyridine rings is 1. The molecule has 5 rings (SSSR count). The van der Waals surface area contributed by atoms with Crippen LogP contribution in [0.5, 0.6) is 5.75 Å². The Balaban J connectivity index is 1.21. The summed E-state index contributed by atoms with van der Waals surface area (Å²) in [6.07, 6.45) is 4.17. The average molecular weight is 469 g/mol. The zero-order valence-corrected chi connectivity index (χ0v) is 19.9. The number of rotatable bonds is 8. The van der Waals surface area contributed by atoms with E-state index in [1.165, 1.54) is 5.56 Å². The van der Waals surface area contributed by atoms with Gasteiger partial charge in [0.1, 0.15) is 11.5 Å². The van der Waals surface area contributed by atoms with E-state index in [2.05, 4.69) is 9.97 Å². The Labute approximate surface area is 204 Å². The Morgan fingerprint density at radius 3 is 2.71 bits per heavy atom. The summed E-state index contributed by atoms with van der Waals surface area (Å²) < 4.78 is 11.9. The minimum absolute atomic E-state index is 0.0731. The van der Waals surface area contributed by atoms with Gasteiger partial charge in [0.05, 0.1) is 29.5 Å². The van der Waals surface area contributed by atoms with Crippen LogP contribution in [0.1, 0.15) is 41.8 Å². The first-order valence-corrected chi connectivity index (χ1v) is 12.0. The third-order valence-corrected chi connectivity index (χ3v) is 6.81. The molecule has 1 aliphatic rings. The van der Waals surface area contributed by atoms with Crippen molar-refractivity contribution in [1.82, 2.24) is 9.97 Å².